The van der Waals surface area contributed by atoms with Gasteiger partial charge in [-0.15, -0.1) is 0 Å². The van der Waals surface area contributed by atoms with Gasteiger partial charge in [0.25, 0.3) is 0 Å². The Hall–Kier alpha value is -2.14. The molecule has 1 N–H and O–H groups in total. The summed E-state index contributed by atoms with van der Waals surface area (Å²) < 4.78 is 0. The van der Waals surface area contributed by atoms with Crippen LogP contribution in [0, 0.1) is 11.8 Å². The van der Waals surface area contributed by atoms with Crippen molar-refractivity contribution >= 4 is 23.2 Å². The Morgan fingerprint density at radius 1 is 1.12 bits per heavy atom. The number of nitrogens with zero attached hydrogens (tertiary/aromatic N) is 1. The van der Waals surface area contributed by atoms with Gasteiger partial charge in [-0.05, 0) is 52.8 Å². The van der Waals surface area contributed by atoms with E-state index in [1.54, 1.807) is 23.3 Å². The molecule has 126 valence electrons. The minimum absolute atomic E-state index is 0.0562. The number of carbonyl (C=O) groups is 2. The average Bonchev–Trinajstić information content (AvgIpc) is 3.26. The van der Waals surface area contributed by atoms with Crippen molar-refractivity contribution < 1.29 is 14.7 Å². The first kappa shape index (κ1) is 16.7. The quantitative estimate of drug-likeness (QED) is 0.896. The predicted octanol–water partition coefficient (Wildman–Crippen LogP) is 3.87. The van der Waals surface area contributed by atoms with Gasteiger partial charge in [0.15, 0.2) is 0 Å². The van der Waals surface area contributed by atoms with Crippen molar-refractivity contribution in [3.8, 4) is 11.1 Å². The van der Waals surface area contributed by atoms with E-state index in [-0.39, 0.29) is 17.7 Å². The fourth-order valence-electron chi connectivity index (χ4n) is 3.32. The van der Waals surface area contributed by atoms with Gasteiger partial charge in [-0.2, -0.15) is 11.3 Å². The van der Waals surface area contributed by atoms with E-state index in [4.69, 9.17) is 5.11 Å². The fraction of sp³-hybridized carbons (Fsp3) is 0.368. The summed E-state index contributed by atoms with van der Waals surface area (Å²) in [6.45, 7) is 0.553. The van der Waals surface area contributed by atoms with Crippen molar-refractivity contribution in [1.29, 1.82) is 0 Å². The third-order valence-corrected chi connectivity index (χ3v) is 5.42. The Labute approximate surface area is 145 Å². The number of carbonyl (C=O) groups excluding carboxylic acids is 1. The molecular formula is C19H21NO3S. The first-order chi connectivity index (χ1) is 11.5. The number of hydrogen-bond donors (Lipinski definition) is 1. The molecule has 4 nitrogen and oxygen atoms in total. The Kier molecular flexibility index (Phi) is 5.00. The van der Waals surface area contributed by atoms with Crippen LogP contribution < -0.4 is 0 Å². The third-order valence-electron chi connectivity index (χ3n) is 4.74. The molecule has 0 radical (unpaired) electrons. The van der Waals surface area contributed by atoms with E-state index in [1.807, 2.05) is 12.1 Å². The summed E-state index contributed by atoms with van der Waals surface area (Å²) in [4.78, 5) is 25.3. The lowest BCUT2D eigenvalue weighted by Gasteiger charge is -2.21. The molecule has 5 heteroatoms. The molecule has 24 heavy (non-hydrogen) atoms. The molecule has 2 aromatic rings. The molecule has 1 aromatic carbocycles. The van der Waals surface area contributed by atoms with Crippen LogP contribution in [0.1, 0.15) is 24.8 Å². The van der Waals surface area contributed by atoms with Gasteiger partial charge in [0.1, 0.15) is 0 Å². The van der Waals surface area contributed by atoms with E-state index in [0.29, 0.717) is 25.8 Å². The standard InChI is InChI=1S/C19H21NO3S/c1-20(18(21)15-6-7-16(10-15)19(22)23)11-13-2-4-14(5-3-13)17-8-9-24-12-17/h2-5,8-9,12,15-16H,6-7,10-11H2,1H3,(H,22,23)/t15-,16+/m1/s1. The molecule has 0 saturated heterocycles. The molecule has 0 bridgehead atoms. The lowest BCUT2D eigenvalue weighted by atomic mass is 10.0. The van der Waals surface area contributed by atoms with E-state index >= 15 is 0 Å². The third kappa shape index (κ3) is 3.67. The van der Waals surface area contributed by atoms with Crippen LogP contribution in [0.2, 0.25) is 0 Å². The van der Waals surface area contributed by atoms with Crippen LogP contribution in [-0.4, -0.2) is 28.9 Å². The highest BCUT2D eigenvalue weighted by molar-refractivity contribution is 7.08. The molecule has 1 amide bonds. The van der Waals surface area contributed by atoms with E-state index < -0.39 is 5.97 Å². The molecule has 0 spiro atoms. The minimum Gasteiger partial charge on any atom is -0.481 e. The SMILES string of the molecule is CN(Cc1ccc(-c2ccsc2)cc1)C(=O)[C@@H]1CC[C@H](C(=O)O)C1. The molecule has 3 rings (SSSR count). The van der Waals surface area contributed by atoms with Crippen LogP contribution in [0.15, 0.2) is 41.1 Å². The van der Waals surface area contributed by atoms with Crippen molar-refractivity contribution in [2.24, 2.45) is 11.8 Å². The Morgan fingerprint density at radius 3 is 2.42 bits per heavy atom. The van der Waals surface area contributed by atoms with Crippen LogP contribution in [-0.2, 0) is 16.1 Å². The molecule has 1 saturated carbocycles. The fourth-order valence-corrected chi connectivity index (χ4v) is 3.99. The first-order valence-corrected chi connectivity index (χ1v) is 9.08. The Balaban J connectivity index is 1.59. The summed E-state index contributed by atoms with van der Waals surface area (Å²) >= 11 is 1.67. The van der Waals surface area contributed by atoms with Crippen molar-refractivity contribution in [2.45, 2.75) is 25.8 Å². The van der Waals surface area contributed by atoms with E-state index in [2.05, 4.69) is 29.0 Å². The Bertz CT molecular complexity index is 709. The van der Waals surface area contributed by atoms with Crippen LogP contribution in [0.3, 0.4) is 0 Å². The predicted molar refractivity (Wildman–Crippen MR) is 94.7 cm³/mol. The largest absolute Gasteiger partial charge is 0.481 e. The zero-order valence-corrected chi connectivity index (χ0v) is 14.5. The Morgan fingerprint density at radius 2 is 1.83 bits per heavy atom. The number of rotatable bonds is 5. The van der Waals surface area contributed by atoms with Gasteiger partial charge in [-0.3, -0.25) is 9.59 Å². The number of carboxylic acid groups (broad SMARTS) is 1. The van der Waals surface area contributed by atoms with Crippen molar-refractivity contribution in [3.63, 3.8) is 0 Å². The highest BCUT2D eigenvalue weighted by atomic mass is 32.1. The second-order valence-corrected chi connectivity index (χ2v) is 7.23. The smallest absolute Gasteiger partial charge is 0.306 e. The number of hydrogen-bond acceptors (Lipinski definition) is 3. The van der Waals surface area contributed by atoms with Crippen LogP contribution in [0.5, 0.6) is 0 Å². The number of carboxylic acids is 1. The summed E-state index contributed by atoms with van der Waals surface area (Å²) in [5.74, 6) is -1.24. The summed E-state index contributed by atoms with van der Waals surface area (Å²) in [6.07, 6.45) is 1.75. The van der Waals surface area contributed by atoms with Crippen LogP contribution >= 0.6 is 11.3 Å². The summed E-state index contributed by atoms with van der Waals surface area (Å²) in [5.41, 5.74) is 3.47. The molecule has 2 atom stereocenters. The minimum atomic E-state index is -0.781. The van der Waals surface area contributed by atoms with E-state index in [9.17, 15) is 9.59 Å². The molecular weight excluding hydrogens is 322 g/mol. The van der Waals surface area contributed by atoms with Crippen molar-refractivity contribution in [2.75, 3.05) is 7.05 Å². The highest BCUT2D eigenvalue weighted by Crippen LogP contribution is 2.32. The van der Waals surface area contributed by atoms with E-state index in [0.717, 1.165) is 5.56 Å². The molecule has 0 unspecified atom stereocenters. The molecule has 0 aliphatic heterocycles. The van der Waals surface area contributed by atoms with E-state index in [1.165, 1.54) is 11.1 Å². The van der Waals surface area contributed by atoms with Gasteiger partial charge in [-0.1, -0.05) is 24.3 Å². The van der Waals surface area contributed by atoms with Crippen molar-refractivity contribution in [3.05, 3.63) is 46.7 Å². The maximum atomic E-state index is 12.5. The number of amides is 1. The topological polar surface area (TPSA) is 57.6 Å². The average molecular weight is 343 g/mol. The second-order valence-electron chi connectivity index (χ2n) is 6.45. The van der Waals surface area contributed by atoms with Crippen LogP contribution in [0.4, 0.5) is 0 Å². The first-order valence-electron chi connectivity index (χ1n) is 8.14. The van der Waals surface area contributed by atoms with Gasteiger partial charge >= 0.3 is 5.97 Å². The summed E-state index contributed by atoms with van der Waals surface area (Å²) in [6, 6.07) is 10.3. The number of benzene rings is 1. The summed E-state index contributed by atoms with van der Waals surface area (Å²) in [7, 11) is 1.79. The lowest BCUT2D eigenvalue weighted by molar-refractivity contribution is -0.141. The molecule has 1 aliphatic rings. The zero-order chi connectivity index (χ0) is 17.1. The van der Waals surface area contributed by atoms with Gasteiger partial charge in [-0.25, -0.2) is 0 Å². The van der Waals surface area contributed by atoms with Gasteiger partial charge in [0, 0.05) is 19.5 Å². The maximum Gasteiger partial charge on any atom is 0.306 e. The van der Waals surface area contributed by atoms with Crippen molar-refractivity contribution in [1.82, 2.24) is 4.90 Å². The van der Waals surface area contributed by atoms with Gasteiger partial charge in [0.2, 0.25) is 5.91 Å². The molecule has 1 fully saturated rings. The van der Waals surface area contributed by atoms with Crippen LogP contribution in [0.25, 0.3) is 11.1 Å². The summed E-state index contributed by atoms with van der Waals surface area (Å²) in [5, 5.41) is 13.2. The van der Waals surface area contributed by atoms with Gasteiger partial charge in [0.05, 0.1) is 5.92 Å². The zero-order valence-electron chi connectivity index (χ0n) is 13.6. The molecule has 1 aliphatic carbocycles. The molecule has 1 heterocycles. The van der Waals surface area contributed by atoms with Gasteiger partial charge < -0.3 is 10.0 Å². The number of thiophene rings is 1. The second kappa shape index (κ2) is 7.18. The lowest BCUT2D eigenvalue weighted by Crippen LogP contribution is -2.31. The maximum absolute atomic E-state index is 12.5. The monoisotopic (exact) mass is 343 g/mol. The number of aliphatic carboxylic acids is 1. The normalized spacial score (nSPS) is 20.0. The molecule has 1 aromatic heterocycles. The highest BCUT2D eigenvalue weighted by Gasteiger charge is 2.35.